The van der Waals surface area contributed by atoms with Crippen molar-refractivity contribution in [2.24, 2.45) is 5.92 Å². The van der Waals surface area contributed by atoms with Crippen LogP contribution in [0.3, 0.4) is 0 Å². The SMILES string of the molecule is CSCCC(C)N(C)c1cncc(CNCC(C)C)n1. The molecule has 0 saturated heterocycles. The Morgan fingerprint density at radius 2 is 2.05 bits per heavy atom. The van der Waals surface area contributed by atoms with Gasteiger partial charge < -0.3 is 10.2 Å². The number of hydrogen-bond acceptors (Lipinski definition) is 5. The van der Waals surface area contributed by atoms with Crippen molar-refractivity contribution in [3.05, 3.63) is 18.1 Å². The Bertz CT molecular complexity index is 384. The molecule has 0 saturated carbocycles. The van der Waals surface area contributed by atoms with Gasteiger partial charge in [0.2, 0.25) is 0 Å². The van der Waals surface area contributed by atoms with Crippen LogP contribution in [0, 0.1) is 5.92 Å². The van der Waals surface area contributed by atoms with Gasteiger partial charge in [0.05, 0.1) is 11.9 Å². The second kappa shape index (κ2) is 9.19. The molecule has 1 rings (SSSR count). The number of thioether (sulfide) groups is 1. The van der Waals surface area contributed by atoms with Crippen LogP contribution in [-0.4, -0.2) is 41.6 Å². The number of aromatic nitrogens is 2. The zero-order valence-electron chi connectivity index (χ0n) is 13.4. The molecule has 20 heavy (non-hydrogen) atoms. The van der Waals surface area contributed by atoms with E-state index >= 15 is 0 Å². The quantitative estimate of drug-likeness (QED) is 0.759. The van der Waals surface area contributed by atoms with Crippen LogP contribution in [0.25, 0.3) is 0 Å². The zero-order chi connectivity index (χ0) is 15.0. The molecule has 0 bridgehead atoms. The summed E-state index contributed by atoms with van der Waals surface area (Å²) in [5, 5.41) is 3.41. The van der Waals surface area contributed by atoms with E-state index in [0.717, 1.165) is 31.0 Å². The molecule has 0 aliphatic rings. The molecule has 4 nitrogen and oxygen atoms in total. The molecule has 1 atom stereocenters. The Morgan fingerprint density at radius 1 is 1.30 bits per heavy atom. The number of rotatable bonds is 9. The molecule has 0 aromatic carbocycles. The van der Waals surface area contributed by atoms with Gasteiger partial charge in [0.15, 0.2) is 0 Å². The second-order valence-electron chi connectivity index (χ2n) is 5.63. The summed E-state index contributed by atoms with van der Waals surface area (Å²) in [7, 11) is 2.10. The molecular formula is C15H28N4S. The highest BCUT2D eigenvalue weighted by molar-refractivity contribution is 7.98. The summed E-state index contributed by atoms with van der Waals surface area (Å²) >= 11 is 1.89. The van der Waals surface area contributed by atoms with Crippen molar-refractivity contribution in [3.8, 4) is 0 Å². The monoisotopic (exact) mass is 296 g/mol. The van der Waals surface area contributed by atoms with Crippen molar-refractivity contribution in [2.75, 3.05) is 30.5 Å². The third-order valence-electron chi connectivity index (χ3n) is 3.29. The second-order valence-corrected chi connectivity index (χ2v) is 6.62. The van der Waals surface area contributed by atoms with Crippen molar-refractivity contribution < 1.29 is 0 Å². The van der Waals surface area contributed by atoms with E-state index in [-0.39, 0.29) is 0 Å². The van der Waals surface area contributed by atoms with E-state index in [2.05, 4.69) is 49.3 Å². The first-order valence-corrected chi connectivity index (χ1v) is 8.67. The molecular weight excluding hydrogens is 268 g/mol. The minimum absolute atomic E-state index is 0.482. The molecule has 0 aliphatic heterocycles. The van der Waals surface area contributed by atoms with E-state index in [4.69, 9.17) is 4.98 Å². The van der Waals surface area contributed by atoms with E-state index in [0.29, 0.717) is 12.0 Å². The van der Waals surface area contributed by atoms with Gasteiger partial charge in [-0.2, -0.15) is 11.8 Å². The Labute approximate surface area is 127 Å². The number of hydrogen-bond donors (Lipinski definition) is 1. The van der Waals surface area contributed by atoms with Crippen LogP contribution < -0.4 is 10.2 Å². The molecule has 114 valence electrons. The average Bonchev–Trinajstić information content (AvgIpc) is 2.44. The van der Waals surface area contributed by atoms with Crippen LogP contribution in [0.1, 0.15) is 32.9 Å². The summed E-state index contributed by atoms with van der Waals surface area (Å²) in [5.74, 6) is 2.79. The molecule has 1 heterocycles. The third kappa shape index (κ3) is 6.09. The first-order chi connectivity index (χ1) is 9.54. The minimum atomic E-state index is 0.482. The first-order valence-electron chi connectivity index (χ1n) is 7.28. The lowest BCUT2D eigenvalue weighted by Gasteiger charge is -2.25. The molecule has 0 fully saturated rings. The summed E-state index contributed by atoms with van der Waals surface area (Å²) in [6, 6.07) is 0.482. The largest absolute Gasteiger partial charge is 0.356 e. The number of nitrogens with zero attached hydrogens (tertiary/aromatic N) is 3. The Balaban J connectivity index is 2.57. The zero-order valence-corrected chi connectivity index (χ0v) is 14.2. The molecule has 1 aromatic heterocycles. The fraction of sp³-hybridized carbons (Fsp3) is 0.733. The van der Waals surface area contributed by atoms with E-state index < -0.39 is 0 Å². The van der Waals surface area contributed by atoms with Gasteiger partial charge in [-0.25, -0.2) is 4.98 Å². The van der Waals surface area contributed by atoms with E-state index in [1.165, 1.54) is 5.75 Å². The lowest BCUT2D eigenvalue weighted by atomic mass is 10.2. The van der Waals surface area contributed by atoms with Gasteiger partial charge in [-0.15, -0.1) is 0 Å². The molecule has 0 radical (unpaired) electrons. The van der Waals surface area contributed by atoms with Gasteiger partial charge in [-0.3, -0.25) is 4.98 Å². The Kier molecular flexibility index (Phi) is 7.92. The van der Waals surface area contributed by atoms with Crippen LogP contribution >= 0.6 is 11.8 Å². The molecule has 0 aliphatic carbocycles. The number of nitrogens with one attached hydrogen (secondary N) is 1. The van der Waals surface area contributed by atoms with Gasteiger partial charge >= 0.3 is 0 Å². The maximum Gasteiger partial charge on any atom is 0.147 e. The molecule has 0 spiro atoms. The smallest absolute Gasteiger partial charge is 0.147 e. The van der Waals surface area contributed by atoms with Gasteiger partial charge in [0, 0.05) is 25.8 Å². The normalized spacial score (nSPS) is 12.7. The van der Waals surface area contributed by atoms with E-state index in [1.807, 2.05) is 24.2 Å². The summed E-state index contributed by atoms with van der Waals surface area (Å²) in [6.45, 7) is 8.44. The standard InChI is InChI=1S/C15H28N4S/c1-12(2)8-16-9-14-10-17-11-15(18-14)19(4)13(3)6-7-20-5/h10-13,16H,6-9H2,1-5H3. The minimum Gasteiger partial charge on any atom is -0.356 e. The average molecular weight is 296 g/mol. The molecule has 1 aromatic rings. The molecule has 1 N–H and O–H groups in total. The Hall–Kier alpha value is -0.810. The molecule has 1 unspecified atom stereocenters. The first kappa shape index (κ1) is 17.2. The predicted molar refractivity (Wildman–Crippen MR) is 89.4 cm³/mol. The van der Waals surface area contributed by atoms with Crippen molar-refractivity contribution in [3.63, 3.8) is 0 Å². The van der Waals surface area contributed by atoms with Crippen LogP contribution in [0.15, 0.2) is 12.4 Å². The van der Waals surface area contributed by atoms with Crippen molar-refractivity contribution in [2.45, 2.75) is 39.8 Å². The van der Waals surface area contributed by atoms with Gasteiger partial charge in [0.1, 0.15) is 5.82 Å². The lowest BCUT2D eigenvalue weighted by molar-refractivity contribution is 0.547. The highest BCUT2D eigenvalue weighted by Crippen LogP contribution is 2.14. The Morgan fingerprint density at radius 3 is 2.70 bits per heavy atom. The van der Waals surface area contributed by atoms with Crippen LogP contribution in [0.4, 0.5) is 5.82 Å². The van der Waals surface area contributed by atoms with Crippen LogP contribution in [0.2, 0.25) is 0 Å². The van der Waals surface area contributed by atoms with Crippen molar-refractivity contribution in [1.29, 1.82) is 0 Å². The van der Waals surface area contributed by atoms with Crippen LogP contribution in [-0.2, 0) is 6.54 Å². The fourth-order valence-electron chi connectivity index (χ4n) is 1.85. The highest BCUT2D eigenvalue weighted by atomic mass is 32.2. The summed E-state index contributed by atoms with van der Waals surface area (Å²) in [5.41, 5.74) is 1.01. The van der Waals surface area contributed by atoms with E-state index in [9.17, 15) is 0 Å². The number of anilines is 1. The third-order valence-corrected chi connectivity index (χ3v) is 3.94. The topological polar surface area (TPSA) is 41.1 Å². The molecule has 5 heteroatoms. The van der Waals surface area contributed by atoms with Gasteiger partial charge in [0.25, 0.3) is 0 Å². The maximum atomic E-state index is 4.69. The fourth-order valence-corrected chi connectivity index (χ4v) is 2.42. The van der Waals surface area contributed by atoms with Crippen LogP contribution in [0.5, 0.6) is 0 Å². The lowest BCUT2D eigenvalue weighted by Crippen LogP contribution is -2.30. The summed E-state index contributed by atoms with van der Waals surface area (Å²) in [4.78, 5) is 11.2. The summed E-state index contributed by atoms with van der Waals surface area (Å²) < 4.78 is 0. The maximum absolute atomic E-state index is 4.69. The van der Waals surface area contributed by atoms with Gasteiger partial charge in [-0.05, 0) is 37.8 Å². The van der Waals surface area contributed by atoms with Gasteiger partial charge in [-0.1, -0.05) is 13.8 Å². The van der Waals surface area contributed by atoms with E-state index in [1.54, 1.807) is 0 Å². The van der Waals surface area contributed by atoms with Crippen molar-refractivity contribution >= 4 is 17.6 Å². The molecule has 0 amide bonds. The predicted octanol–water partition coefficient (Wildman–Crippen LogP) is 2.80. The highest BCUT2D eigenvalue weighted by Gasteiger charge is 2.11. The summed E-state index contributed by atoms with van der Waals surface area (Å²) in [6.07, 6.45) is 7.00. The van der Waals surface area contributed by atoms with Crippen molar-refractivity contribution in [1.82, 2.24) is 15.3 Å².